The van der Waals surface area contributed by atoms with Crippen molar-refractivity contribution >= 4 is 36.1 Å². The van der Waals surface area contributed by atoms with Gasteiger partial charge in [-0.25, -0.2) is 19.2 Å². The molecule has 2 rings (SSSR count). The average Bonchev–Trinajstić information content (AvgIpc) is 3.01. The molecule has 0 aromatic rings. The van der Waals surface area contributed by atoms with Gasteiger partial charge in [-0.15, -0.1) is 0 Å². The Morgan fingerprint density at radius 3 is 1.27 bits per heavy atom. The van der Waals surface area contributed by atoms with Crippen LogP contribution in [0.2, 0.25) is 0 Å². The van der Waals surface area contributed by atoms with Gasteiger partial charge in [0.2, 0.25) is 6.79 Å². The molecule has 14 nitrogen and oxygen atoms in total. The zero-order valence-corrected chi connectivity index (χ0v) is 31.2. The molecule has 51 heavy (non-hydrogen) atoms. The van der Waals surface area contributed by atoms with Gasteiger partial charge in [-0.3, -0.25) is 9.59 Å². The molecular weight excluding hydrogens is 664 g/mol. The van der Waals surface area contributed by atoms with Crippen LogP contribution in [0.1, 0.15) is 92.9 Å². The third-order valence-corrected chi connectivity index (χ3v) is 9.18. The average molecular weight is 723 g/mol. The molecule has 2 saturated carbocycles. The van der Waals surface area contributed by atoms with Crippen molar-refractivity contribution in [3.63, 3.8) is 0 Å². The summed E-state index contributed by atoms with van der Waals surface area (Å²) in [6, 6.07) is 0. The highest BCUT2D eigenvalue weighted by atomic mass is 16.7. The Balaban J connectivity index is 1.74. The van der Waals surface area contributed by atoms with E-state index in [1.165, 1.54) is 0 Å². The van der Waals surface area contributed by atoms with Gasteiger partial charge in [0.25, 0.3) is 0 Å². The molecular formula is C37H58N2O12. The summed E-state index contributed by atoms with van der Waals surface area (Å²) >= 11 is 0. The zero-order chi connectivity index (χ0) is 38.3. The first-order valence-corrected chi connectivity index (χ1v) is 17.5. The van der Waals surface area contributed by atoms with E-state index < -0.39 is 30.9 Å². The standard InChI is InChI=1S/C37H58N2O12/c1-9-28(40)46-11-13-48-30(42)15-26-17-34(3,4)21-36(7,19-26)23-38-32(44)50-25-51-33(45)39-24-37(8)20-27(18-35(5,6)22-37)16-31(43)49-14-12-47-29(41)10-2/h9-10,26-27H,1-2,11-25H2,3-8H3,(H,38,44)(H,39,45). The van der Waals surface area contributed by atoms with E-state index in [9.17, 15) is 28.8 Å². The summed E-state index contributed by atoms with van der Waals surface area (Å²) in [6.45, 7) is 19.1. The lowest BCUT2D eigenvalue weighted by atomic mass is 9.60. The number of amides is 2. The molecule has 4 atom stereocenters. The second kappa shape index (κ2) is 19.5. The first-order chi connectivity index (χ1) is 23.8. The summed E-state index contributed by atoms with van der Waals surface area (Å²) in [4.78, 5) is 72.1. The molecule has 0 heterocycles. The quantitative estimate of drug-likeness (QED) is 0.0606. The topological polar surface area (TPSA) is 182 Å². The van der Waals surface area contributed by atoms with Crippen LogP contribution in [0.3, 0.4) is 0 Å². The molecule has 0 aliphatic heterocycles. The summed E-state index contributed by atoms with van der Waals surface area (Å²) in [7, 11) is 0. The predicted molar refractivity (Wildman–Crippen MR) is 186 cm³/mol. The minimum Gasteiger partial charge on any atom is -0.462 e. The fourth-order valence-electron chi connectivity index (χ4n) is 8.37. The Bertz CT molecular complexity index is 1170. The Morgan fingerprint density at radius 1 is 0.569 bits per heavy atom. The maximum Gasteiger partial charge on any atom is 0.410 e. The third kappa shape index (κ3) is 17.1. The van der Waals surface area contributed by atoms with Crippen LogP contribution in [0.25, 0.3) is 0 Å². The first kappa shape index (κ1) is 43.1. The first-order valence-electron chi connectivity index (χ1n) is 17.5. The van der Waals surface area contributed by atoms with Gasteiger partial charge in [-0.05, 0) is 72.0 Å². The number of hydrogen-bond donors (Lipinski definition) is 2. The molecule has 288 valence electrons. The van der Waals surface area contributed by atoms with Crippen LogP contribution in [0.4, 0.5) is 9.59 Å². The molecule has 2 aliphatic rings. The smallest absolute Gasteiger partial charge is 0.410 e. The molecule has 0 aromatic carbocycles. The van der Waals surface area contributed by atoms with E-state index in [0.717, 1.165) is 37.8 Å². The van der Waals surface area contributed by atoms with E-state index in [0.29, 0.717) is 25.9 Å². The third-order valence-electron chi connectivity index (χ3n) is 9.18. The molecule has 2 fully saturated rings. The van der Waals surface area contributed by atoms with Gasteiger partial charge in [0, 0.05) is 38.1 Å². The van der Waals surface area contributed by atoms with Crippen molar-refractivity contribution in [2.75, 3.05) is 46.3 Å². The van der Waals surface area contributed by atoms with Crippen molar-refractivity contribution < 1.29 is 57.2 Å². The van der Waals surface area contributed by atoms with Crippen molar-refractivity contribution in [1.29, 1.82) is 0 Å². The maximum atomic E-state index is 12.5. The predicted octanol–water partition coefficient (Wildman–Crippen LogP) is 5.39. The van der Waals surface area contributed by atoms with Gasteiger partial charge in [0.15, 0.2) is 0 Å². The highest BCUT2D eigenvalue weighted by Crippen LogP contribution is 2.50. The number of alkyl carbamates (subject to hydrolysis) is 2. The Morgan fingerprint density at radius 2 is 0.922 bits per heavy atom. The second-order valence-corrected chi connectivity index (χ2v) is 16.1. The van der Waals surface area contributed by atoms with E-state index in [1.807, 2.05) is 0 Å². The number of ether oxygens (including phenoxy) is 6. The van der Waals surface area contributed by atoms with E-state index in [2.05, 4.69) is 65.3 Å². The molecule has 4 unspecified atom stereocenters. The maximum absolute atomic E-state index is 12.5. The van der Waals surface area contributed by atoms with Crippen LogP contribution in [-0.2, 0) is 47.6 Å². The Kier molecular flexibility index (Phi) is 16.5. The van der Waals surface area contributed by atoms with Gasteiger partial charge in [0.05, 0.1) is 0 Å². The lowest BCUT2D eigenvalue weighted by molar-refractivity contribution is -0.151. The van der Waals surface area contributed by atoms with Gasteiger partial charge in [0.1, 0.15) is 26.4 Å². The van der Waals surface area contributed by atoms with Gasteiger partial charge in [-0.1, -0.05) is 54.7 Å². The molecule has 14 heteroatoms. The summed E-state index contributed by atoms with van der Waals surface area (Å²) < 4.78 is 30.3. The summed E-state index contributed by atoms with van der Waals surface area (Å²) in [5.41, 5.74) is -0.800. The second-order valence-electron chi connectivity index (χ2n) is 16.1. The molecule has 2 N–H and O–H groups in total. The number of rotatable bonds is 18. The van der Waals surface area contributed by atoms with Crippen LogP contribution in [-0.4, -0.2) is 82.4 Å². The molecule has 2 amide bonds. The van der Waals surface area contributed by atoms with Crippen molar-refractivity contribution in [3.8, 4) is 0 Å². The van der Waals surface area contributed by atoms with E-state index in [1.54, 1.807) is 0 Å². The fourth-order valence-corrected chi connectivity index (χ4v) is 8.37. The highest BCUT2D eigenvalue weighted by molar-refractivity contribution is 5.81. The number of carbonyl (C=O) groups excluding carboxylic acids is 6. The number of hydrogen-bond acceptors (Lipinski definition) is 12. The lowest BCUT2D eigenvalue weighted by Gasteiger charge is -2.46. The molecule has 0 aromatic heterocycles. The zero-order valence-electron chi connectivity index (χ0n) is 31.2. The van der Waals surface area contributed by atoms with Gasteiger partial charge < -0.3 is 39.1 Å². The van der Waals surface area contributed by atoms with E-state index in [4.69, 9.17) is 28.4 Å². The normalized spacial score (nSPS) is 24.8. The molecule has 2 aliphatic carbocycles. The largest absolute Gasteiger partial charge is 0.462 e. The van der Waals surface area contributed by atoms with Crippen LogP contribution in [0, 0.1) is 33.5 Å². The van der Waals surface area contributed by atoms with Crippen molar-refractivity contribution in [3.05, 3.63) is 25.3 Å². The SMILES string of the molecule is C=CC(=O)OCCOC(=O)CC1CC(C)(C)CC(C)(CNC(=O)OCOC(=O)NCC2(C)CC(CC(=O)OCCOC(=O)C=C)CC(C)(C)C2)C1. The summed E-state index contributed by atoms with van der Waals surface area (Å²) in [6.07, 6.45) is 5.67. The summed E-state index contributed by atoms with van der Waals surface area (Å²) in [5, 5.41) is 5.54. The van der Waals surface area contributed by atoms with Crippen LogP contribution < -0.4 is 10.6 Å². The van der Waals surface area contributed by atoms with Crippen LogP contribution in [0.15, 0.2) is 25.3 Å². The minimum absolute atomic E-state index is 0.0322. The van der Waals surface area contributed by atoms with Gasteiger partial charge >= 0.3 is 36.1 Å². The number of carbonyl (C=O) groups is 6. The number of esters is 4. The number of nitrogens with one attached hydrogen (secondary N) is 2. The lowest BCUT2D eigenvalue weighted by Crippen LogP contribution is -2.45. The van der Waals surface area contributed by atoms with E-state index in [-0.39, 0.29) is 84.7 Å². The van der Waals surface area contributed by atoms with Crippen molar-refractivity contribution in [1.82, 2.24) is 10.6 Å². The van der Waals surface area contributed by atoms with Crippen LogP contribution in [0.5, 0.6) is 0 Å². The highest BCUT2D eigenvalue weighted by Gasteiger charge is 2.43. The van der Waals surface area contributed by atoms with Crippen LogP contribution >= 0.6 is 0 Å². The summed E-state index contributed by atoms with van der Waals surface area (Å²) in [5.74, 6) is -1.84. The van der Waals surface area contributed by atoms with Gasteiger partial charge in [-0.2, -0.15) is 0 Å². The van der Waals surface area contributed by atoms with Crippen molar-refractivity contribution in [2.24, 2.45) is 33.5 Å². The van der Waals surface area contributed by atoms with Crippen molar-refractivity contribution in [2.45, 2.75) is 92.9 Å². The molecule has 0 bridgehead atoms. The minimum atomic E-state index is -0.730. The van der Waals surface area contributed by atoms with E-state index >= 15 is 0 Å². The molecule has 0 spiro atoms. The molecule has 0 radical (unpaired) electrons. The Labute approximate surface area is 301 Å². The Hall–Kier alpha value is -4.10. The fraction of sp³-hybridized carbons (Fsp3) is 0.730. The molecule has 0 saturated heterocycles. The monoisotopic (exact) mass is 722 g/mol.